The number of benzene rings is 1. The van der Waals surface area contributed by atoms with Gasteiger partial charge in [-0.3, -0.25) is 0 Å². The van der Waals surface area contributed by atoms with Crippen LogP contribution < -0.4 is 4.90 Å². The summed E-state index contributed by atoms with van der Waals surface area (Å²) in [6.07, 6.45) is 1.28. The Labute approximate surface area is 122 Å². The SMILES string of the molecule is CC(C)(C)c1cccc(N2CCN(S(C)(=O)=O)CC2)c1. The third-order valence-electron chi connectivity index (χ3n) is 3.78. The molecule has 1 aliphatic heterocycles. The summed E-state index contributed by atoms with van der Waals surface area (Å²) >= 11 is 0. The normalized spacial score (nSPS) is 18.3. The largest absolute Gasteiger partial charge is 0.369 e. The maximum Gasteiger partial charge on any atom is 0.211 e. The molecule has 1 aromatic carbocycles. The summed E-state index contributed by atoms with van der Waals surface area (Å²) in [6, 6.07) is 8.55. The molecule has 4 nitrogen and oxygen atoms in total. The van der Waals surface area contributed by atoms with Crippen LogP contribution in [-0.2, 0) is 15.4 Å². The van der Waals surface area contributed by atoms with Crippen LogP contribution in [0.5, 0.6) is 0 Å². The molecule has 1 heterocycles. The standard InChI is InChI=1S/C15H24N2O2S/c1-15(2,3)13-6-5-7-14(12-13)16-8-10-17(11-9-16)20(4,18)19/h5-7,12H,8-11H2,1-4H3. The number of anilines is 1. The first-order chi connectivity index (χ1) is 9.18. The second kappa shape index (κ2) is 5.37. The van der Waals surface area contributed by atoms with E-state index < -0.39 is 10.0 Å². The summed E-state index contributed by atoms with van der Waals surface area (Å²) in [7, 11) is -3.06. The van der Waals surface area contributed by atoms with Gasteiger partial charge in [-0.2, -0.15) is 4.31 Å². The second-order valence-electron chi connectivity index (χ2n) is 6.45. The van der Waals surface area contributed by atoms with Crippen molar-refractivity contribution in [2.45, 2.75) is 26.2 Å². The molecule has 5 heteroatoms. The van der Waals surface area contributed by atoms with Crippen molar-refractivity contribution < 1.29 is 8.42 Å². The quantitative estimate of drug-likeness (QED) is 0.839. The minimum Gasteiger partial charge on any atom is -0.369 e. The fourth-order valence-corrected chi connectivity index (χ4v) is 3.27. The van der Waals surface area contributed by atoms with Crippen LogP contribution in [0, 0.1) is 0 Å². The maximum absolute atomic E-state index is 11.5. The van der Waals surface area contributed by atoms with Crippen molar-refractivity contribution in [2.75, 3.05) is 37.3 Å². The van der Waals surface area contributed by atoms with Crippen molar-refractivity contribution in [1.82, 2.24) is 4.31 Å². The second-order valence-corrected chi connectivity index (χ2v) is 8.43. The number of sulfonamides is 1. The minimum atomic E-state index is -3.06. The number of nitrogens with zero attached hydrogens (tertiary/aromatic N) is 2. The van der Waals surface area contributed by atoms with Crippen LogP contribution in [0.4, 0.5) is 5.69 Å². The van der Waals surface area contributed by atoms with Crippen LogP contribution >= 0.6 is 0 Å². The molecule has 1 aromatic rings. The fourth-order valence-electron chi connectivity index (χ4n) is 2.45. The molecule has 0 unspecified atom stereocenters. The van der Waals surface area contributed by atoms with E-state index in [9.17, 15) is 8.42 Å². The smallest absolute Gasteiger partial charge is 0.211 e. The summed E-state index contributed by atoms with van der Waals surface area (Å²) < 4.78 is 24.6. The molecule has 1 fully saturated rings. The van der Waals surface area contributed by atoms with E-state index in [1.165, 1.54) is 17.5 Å². The molecule has 0 aliphatic carbocycles. The van der Waals surface area contributed by atoms with Crippen molar-refractivity contribution in [3.63, 3.8) is 0 Å². The summed E-state index contributed by atoms with van der Waals surface area (Å²) in [5.41, 5.74) is 2.62. The Balaban J connectivity index is 2.12. The Morgan fingerprint density at radius 1 is 1.05 bits per heavy atom. The van der Waals surface area contributed by atoms with E-state index in [0.29, 0.717) is 13.1 Å². The number of rotatable bonds is 2. The highest BCUT2D eigenvalue weighted by molar-refractivity contribution is 7.88. The van der Waals surface area contributed by atoms with Gasteiger partial charge in [0, 0.05) is 31.9 Å². The van der Waals surface area contributed by atoms with Gasteiger partial charge in [-0.05, 0) is 23.1 Å². The van der Waals surface area contributed by atoms with E-state index in [2.05, 4.69) is 49.9 Å². The van der Waals surface area contributed by atoms with Crippen molar-refractivity contribution in [3.05, 3.63) is 29.8 Å². The van der Waals surface area contributed by atoms with Gasteiger partial charge < -0.3 is 4.90 Å². The van der Waals surface area contributed by atoms with Gasteiger partial charge in [0.2, 0.25) is 10.0 Å². The third kappa shape index (κ3) is 3.52. The summed E-state index contributed by atoms with van der Waals surface area (Å²) in [4.78, 5) is 2.26. The van der Waals surface area contributed by atoms with Crippen LogP contribution in [0.15, 0.2) is 24.3 Å². The van der Waals surface area contributed by atoms with E-state index in [1.807, 2.05) is 0 Å². The number of piperazine rings is 1. The van der Waals surface area contributed by atoms with E-state index in [1.54, 1.807) is 4.31 Å². The van der Waals surface area contributed by atoms with Gasteiger partial charge in [-0.1, -0.05) is 32.9 Å². The van der Waals surface area contributed by atoms with Crippen LogP contribution in [0.25, 0.3) is 0 Å². The van der Waals surface area contributed by atoms with Gasteiger partial charge in [0.15, 0.2) is 0 Å². The van der Waals surface area contributed by atoms with Crippen molar-refractivity contribution in [2.24, 2.45) is 0 Å². The molecule has 2 rings (SSSR count). The average molecular weight is 296 g/mol. The highest BCUT2D eigenvalue weighted by atomic mass is 32.2. The molecule has 0 spiro atoms. The van der Waals surface area contributed by atoms with Gasteiger partial charge in [0.1, 0.15) is 0 Å². The first-order valence-corrected chi connectivity index (χ1v) is 8.83. The fraction of sp³-hybridized carbons (Fsp3) is 0.600. The van der Waals surface area contributed by atoms with Gasteiger partial charge >= 0.3 is 0 Å². The molecule has 0 radical (unpaired) electrons. The molecule has 20 heavy (non-hydrogen) atoms. The molecule has 0 amide bonds. The summed E-state index contributed by atoms with van der Waals surface area (Å²) in [5.74, 6) is 0. The van der Waals surface area contributed by atoms with Crippen molar-refractivity contribution >= 4 is 15.7 Å². The Hall–Kier alpha value is -1.07. The molecule has 0 saturated carbocycles. The van der Waals surface area contributed by atoms with Crippen LogP contribution in [0.3, 0.4) is 0 Å². The molecule has 0 aromatic heterocycles. The minimum absolute atomic E-state index is 0.130. The molecule has 0 atom stereocenters. The molecule has 1 saturated heterocycles. The summed E-state index contributed by atoms with van der Waals surface area (Å²) in [6.45, 7) is 9.24. The van der Waals surface area contributed by atoms with Crippen LogP contribution in [0.2, 0.25) is 0 Å². The first kappa shape index (κ1) is 15.3. The lowest BCUT2D eigenvalue weighted by atomic mass is 9.87. The van der Waals surface area contributed by atoms with Crippen LogP contribution in [0.1, 0.15) is 26.3 Å². The van der Waals surface area contributed by atoms with Gasteiger partial charge in [0.25, 0.3) is 0 Å². The predicted molar refractivity (Wildman–Crippen MR) is 83.8 cm³/mol. The predicted octanol–water partition coefficient (Wildman–Crippen LogP) is 2.07. The monoisotopic (exact) mass is 296 g/mol. The van der Waals surface area contributed by atoms with E-state index >= 15 is 0 Å². The van der Waals surface area contributed by atoms with Crippen molar-refractivity contribution in [3.8, 4) is 0 Å². The van der Waals surface area contributed by atoms with E-state index in [4.69, 9.17) is 0 Å². The lowest BCUT2D eigenvalue weighted by Crippen LogP contribution is -2.48. The van der Waals surface area contributed by atoms with E-state index in [-0.39, 0.29) is 5.41 Å². The zero-order chi connectivity index (χ0) is 15.0. The Kier molecular flexibility index (Phi) is 4.12. The first-order valence-electron chi connectivity index (χ1n) is 6.98. The lowest BCUT2D eigenvalue weighted by Gasteiger charge is -2.35. The number of hydrogen-bond donors (Lipinski definition) is 0. The van der Waals surface area contributed by atoms with Gasteiger partial charge in [0.05, 0.1) is 6.26 Å². The molecule has 1 aliphatic rings. The summed E-state index contributed by atoms with van der Waals surface area (Å²) in [5, 5.41) is 0. The Morgan fingerprint density at radius 3 is 2.15 bits per heavy atom. The maximum atomic E-state index is 11.5. The Morgan fingerprint density at radius 2 is 1.65 bits per heavy atom. The lowest BCUT2D eigenvalue weighted by molar-refractivity contribution is 0.388. The van der Waals surface area contributed by atoms with Gasteiger partial charge in [-0.15, -0.1) is 0 Å². The highest BCUT2D eigenvalue weighted by Gasteiger charge is 2.24. The topological polar surface area (TPSA) is 40.6 Å². The van der Waals surface area contributed by atoms with Gasteiger partial charge in [-0.25, -0.2) is 8.42 Å². The molecular weight excluding hydrogens is 272 g/mol. The van der Waals surface area contributed by atoms with Crippen LogP contribution in [-0.4, -0.2) is 45.2 Å². The number of hydrogen-bond acceptors (Lipinski definition) is 3. The Bertz CT molecular complexity index is 568. The zero-order valence-corrected chi connectivity index (χ0v) is 13.6. The highest BCUT2D eigenvalue weighted by Crippen LogP contribution is 2.27. The van der Waals surface area contributed by atoms with Crippen molar-refractivity contribution in [1.29, 1.82) is 0 Å². The zero-order valence-electron chi connectivity index (χ0n) is 12.8. The molecule has 0 N–H and O–H groups in total. The molecular formula is C15H24N2O2S. The third-order valence-corrected chi connectivity index (χ3v) is 5.09. The molecule has 0 bridgehead atoms. The average Bonchev–Trinajstić information content (AvgIpc) is 2.37. The van der Waals surface area contributed by atoms with E-state index in [0.717, 1.165) is 13.1 Å². The molecule has 112 valence electrons.